The number of amides is 2. The van der Waals surface area contributed by atoms with Gasteiger partial charge in [-0.2, -0.15) is 0 Å². The lowest BCUT2D eigenvalue weighted by Crippen LogP contribution is -2.41. The molecule has 1 aromatic carbocycles. The van der Waals surface area contributed by atoms with Crippen molar-refractivity contribution in [3.8, 4) is 0 Å². The van der Waals surface area contributed by atoms with Crippen molar-refractivity contribution in [1.82, 2.24) is 10.3 Å². The minimum atomic E-state index is -0.654. The van der Waals surface area contributed by atoms with Crippen LogP contribution in [0.3, 0.4) is 0 Å². The van der Waals surface area contributed by atoms with Crippen LogP contribution in [0.15, 0.2) is 48.7 Å². The summed E-state index contributed by atoms with van der Waals surface area (Å²) in [6.07, 6.45) is 1.53. The van der Waals surface area contributed by atoms with Crippen molar-refractivity contribution in [3.05, 3.63) is 59.9 Å². The van der Waals surface area contributed by atoms with Gasteiger partial charge in [-0.15, -0.1) is 0 Å². The number of hydrogen-bond donors (Lipinski definition) is 2. The van der Waals surface area contributed by atoms with E-state index in [1.54, 1.807) is 25.1 Å². The lowest BCUT2D eigenvalue weighted by atomic mass is 10.2. The first-order chi connectivity index (χ1) is 10.1. The van der Waals surface area contributed by atoms with Gasteiger partial charge < -0.3 is 10.6 Å². The van der Waals surface area contributed by atoms with E-state index in [2.05, 4.69) is 15.6 Å². The molecule has 5 nitrogen and oxygen atoms in total. The average Bonchev–Trinajstić information content (AvgIpc) is 2.50. The van der Waals surface area contributed by atoms with Crippen molar-refractivity contribution < 1.29 is 9.59 Å². The molecule has 1 unspecified atom stereocenters. The van der Waals surface area contributed by atoms with Gasteiger partial charge in [0.15, 0.2) is 0 Å². The Kier molecular flexibility index (Phi) is 4.66. The molecule has 1 heterocycles. The van der Waals surface area contributed by atoms with Gasteiger partial charge in [0.05, 0.1) is 0 Å². The van der Waals surface area contributed by atoms with Crippen LogP contribution in [0.1, 0.15) is 23.0 Å². The molecular formula is C16H17N3O2. The van der Waals surface area contributed by atoms with Gasteiger partial charge in [-0.05, 0) is 37.6 Å². The van der Waals surface area contributed by atoms with Crippen molar-refractivity contribution >= 4 is 17.5 Å². The molecule has 0 saturated carbocycles. The van der Waals surface area contributed by atoms with Crippen LogP contribution in [0.5, 0.6) is 0 Å². The number of pyridine rings is 1. The highest BCUT2D eigenvalue weighted by Gasteiger charge is 2.17. The van der Waals surface area contributed by atoms with Gasteiger partial charge in [0.1, 0.15) is 11.7 Å². The van der Waals surface area contributed by atoms with E-state index in [0.29, 0.717) is 0 Å². The summed E-state index contributed by atoms with van der Waals surface area (Å²) in [5, 5.41) is 5.41. The Morgan fingerprint density at radius 1 is 1.10 bits per heavy atom. The number of aryl methyl sites for hydroxylation is 1. The Bertz CT molecular complexity index is 641. The van der Waals surface area contributed by atoms with E-state index in [4.69, 9.17) is 0 Å². The molecular weight excluding hydrogens is 266 g/mol. The summed E-state index contributed by atoms with van der Waals surface area (Å²) in [4.78, 5) is 28.0. The fraction of sp³-hybridized carbons (Fsp3) is 0.188. The number of carbonyl (C=O) groups is 2. The maximum absolute atomic E-state index is 12.1. The van der Waals surface area contributed by atoms with E-state index in [1.165, 1.54) is 6.20 Å². The monoisotopic (exact) mass is 283 g/mol. The molecule has 0 spiro atoms. The van der Waals surface area contributed by atoms with Crippen molar-refractivity contribution in [2.75, 3.05) is 5.32 Å². The Morgan fingerprint density at radius 2 is 1.81 bits per heavy atom. The predicted octanol–water partition coefficient (Wildman–Crippen LogP) is 2.15. The van der Waals surface area contributed by atoms with Gasteiger partial charge in [0.25, 0.3) is 5.91 Å². The third-order valence-electron chi connectivity index (χ3n) is 3.04. The second-order valence-corrected chi connectivity index (χ2v) is 4.71. The highest BCUT2D eigenvalue weighted by molar-refractivity contribution is 6.00. The number of nitrogens with one attached hydrogen (secondary N) is 2. The molecule has 0 fully saturated rings. The van der Waals surface area contributed by atoms with E-state index in [9.17, 15) is 9.59 Å². The van der Waals surface area contributed by atoms with Gasteiger partial charge in [0, 0.05) is 11.9 Å². The molecule has 1 atom stereocenters. The molecule has 0 aliphatic carbocycles. The largest absolute Gasteiger partial charge is 0.339 e. The normalized spacial score (nSPS) is 11.5. The Morgan fingerprint density at radius 3 is 2.48 bits per heavy atom. The van der Waals surface area contributed by atoms with Crippen LogP contribution in [0.4, 0.5) is 5.69 Å². The summed E-state index contributed by atoms with van der Waals surface area (Å²) < 4.78 is 0. The Labute approximate surface area is 123 Å². The smallest absolute Gasteiger partial charge is 0.270 e. The van der Waals surface area contributed by atoms with Crippen LogP contribution in [0.2, 0.25) is 0 Å². The van der Waals surface area contributed by atoms with E-state index < -0.39 is 6.04 Å². The third-order valence-corrected chi connectivity index (χ3v) is 3.04. The summed E-state index contributed by atoms with van der Waals surface area (Å²) in [6.45, 7) is 3.54. The molecule has 2 rings (SSSR count). The van der Waals surface area contributed by atoms with Crippen LogP contribution in [0.25, 0.3) is 0 Å². The first kappa shape index (κ1) is 14.7. The zero-order valence-corrected chi connectivity index (χ0v) is 12.0. The highest BCUT2D eigenvalue weighted by Crippen LogP contribution is 2.13. The van der Waals surface area contributed by atoms with E-state index in [0.717, 1.165) is 11.3 Å². The molecule has 5 heteroatoms. The molecule has 108 valence electrons. The molecule has 0 radical (unpaired) electrons. The zero-order valence-electron chi connectivity index (χ0n) is 12.0. The van der Waals surface area contributed by atoms with Crippen molar-refractivity contribution in [3.63, 3.8) is 0 Å². The SMILES string of the molecule is Cc1ccccc1NC(=O)C(C)NC(=O)c1ccccn1. The lowest BCUT2D eigenvalue weighted by Gasteiger charge is -2.15. The van der Waals surface area contributed by atoms with E-state index in [1.807, 2.05) is 31.2 Å². The number of benzene rings is 1. The first-order valence-corrected chi connectivity index (χ1v) is 6.66. The molecule has 2 aromatic rings. The van der Waals surface area contributed by atoms with E-state index >= 15 is 0 Å². The number of carbonyl (C=O) groups excluding carboxylic acids is 2. The molecule has 2 amide bonds. The quantitative estimate of drug-likeness (QED) is 0.903. The maximum atomic E-state index is 12.1. The van der Waals surface area contributed by atoms with Crippen molar-refractivity contribution in [2.45, 2.75) is 19.9 Å². The number of nitrogens with zero attached hydrogens (tertiary/aromatic N) is 1. The zero-order chi connectivity index (χ0) is 15.2. The minimum Gasteiger partial charge on any atom is -0.339 e. The van der Waals surface area contributed by atoms with Gasteiger partial charge in [-0.1, -0.05) is 24.3 Å². The second-order valence-electron chi connectivity index (χ2n) is 4.71. The topological polar surface area (TPSA) is 71.1 Å². The van der Waals surface area contributed by atoms with Crippen LogP contribution < -0.4 is 10.6 Å². The van der Waals surface area contributed by atoms with Crippen LogP contribution >= 0.6 is 0 Å². The maximum Gasteiger partial charge on any atom is 0.270 e. The average molecular weight is 283 g/mol. The lowest BCUT2D eigenvalue weighted by molar-refractivity contribution is -0.117. The second kappa shape index (κ2) is 6.65. The Balaban J connectivity index is 1.97. The summed E-state index contributed by atoms with van der Waals surface area (Å²) >= 11 is 0. The summed E-state index contributed by atoms with van der Waals surface area (Å²) in [6, 6.07) is 11.9. The number of rotatable bonds is 4. The van der Waals surface area contributed by atoms with Gasteiger partial charge >= 0.3 is 0 Å². The molecule has 0 aliphatic heterocycles. The van der Waals surface area contributed by atoms with Gasteiger partial charge in [-0.25, -0.2) is 0 Å². The summed E-state index contributed by atoms with van der Waals surface area (Å²) in [7, 11) is 0. The van der Waals surface area contributed by atoms with Crippen LogP contribution in [-0.2, 0) is 4.79 Å². The third kappa shape index (κ3) is 3.89. The fourth-order valence-corrected chi connectivity index (χ4v) is 1.79. The molecule has 21 heavy (non-hydrogen) atoms. The predicted molar refractivity (Wildman–Crippen MR) is 81.0 cm³/mol. The minimum absolute atomic E-state index is 0.270. The summed E-state index contributed by atoms with van der Waals surface area (Å²) in [5.74, 6) is -0.642. The Hall–Kier alpha value is -2.69. The molecule has 0 saturated heterocycles. The van der Waals surface area contributed by atoms with Crippen LogP contribution in [0, 0.1) is 6.92 Å². The molecule has 1 aromatic heterocycles. The molecule has 0 bridgehead atoms. The standard InChI is InChI=1S/C16H17N3O2/c1-11-7-3-4-8-13(11)19-15(20)12(2)18-16(21)14-9-5-6-10-17-14/h3-10,12H,1-2H3,(H,18,21)(H,19,20). The van der Waals surface area contributed by atoms with Crippen molar-refractivity contribution in [1.29, 1.82) is 0 Å². The number of hydrogen-bond acceptors (Lipinski definition) is 3. The van der Waals surface area contributed by atoms with Gasteiger partial charge in [-0.3, -0.25) is 14.6 Å². The van der Waals surface area contributed by atoms with Crippen LogP contribution in [-0.4, -0.2) is 22.8 Å². The number of para-hydroxylation sites is 1. The summed E-state index contributed by atoms with van der Waals surface area (Å²) in [5.41, 5.74) is 1.99. The highest BCUT2D eigenvalue weighted by atomic mass is 16.2. The van der Waals surface area contributed by atoms with E-state index in [-0.39, 0.29) is 17.5 Å². The first-order valence-electron chi connectivity index (χ1n) is 6.66. The molecule has 2 N–H and O–H groups in total. The van der Waals surface area contributed by atoms with Crippen molar-refractivity contribution in [2.24, 2.45) is 0 Å². The molecule has 0 aliphatic rings. The number of aromatic nitrogens is 1. The van der Waals surface area contributed by atoms with Gasteiger partial charge in [0.2, 0.25) is 5.91 Å². The fourth-order valence-electron chi connectivity index (χ4n) is 1.79. The number of anilines is 1.